The second-order valence-electron chi connectivity index (χ2n) is 5.68. The van der Waals surface area contributed by atoms with Gasteiger partial charge in [-0.3, -0.25) is 4.79 Å². The number of carbonyl (C=O) groups is 1. The number of nitrogens with zero attached hydrogens (tertiary/aromatic N) is 4. The lowest BCUT2D eigenvalue weighted by Gasteiger charge is -2.14. The maximum atomic E-state index is 12.4. The number of hydrogen-bond donors (Lipinski definition) is 1. The van der Waals surface area contributed by atoms with Gasteiger partial charge in [-0.05, 0) is 30.3 Å². The molecule has 0 spiro atoms. The summed E-state index contributed by atoms with van der Waals surface area (Å²) in [5.74, 6) is 1.70. The minimum absolute atomic E-state index is 0.123. The Balaban J connectivity index is 1.69. The molecular formula is C18H19N5O3. The van der Waals surface area contributed by atoms with Crippen LogP contribution >= 0.6 is 0 Å². The summed E-state index contributed by atoms with van der Waals surface area (Å²) in [6.07, 6.45) is 1.64. The van der Waals surface area contributed by atoms with Crippen LogP contribution in [0.2, 0.25) is 0 Å². The zero-order chi connectivity index (χ0) is 18.5. The van der Waals surface area contributed by atoms with Gasteiger partial charge in [0.15, 0.2) is 0 Å². The van der Waals surface area contributed by atoms with Crippen LogP contribution in [0.25, 0.3) is 11.5 Å². The largest absolute Gasteiger partial charge is 0.497 e. The van der Waals surface area contributed by atoms with Crippen LogP contribution in [0.15, 0.2) is 47.0 Å². The molecule has 8 nitrogen and oxygen atoms in total. The Bertz CT molecular complexity index is 907. The fourth-order valence-corrected chi connectivity index (χ4v) is 2.38. The molecule has 3 rings (SSSR count). The number of methoxy groups -OCH3 is 1. The van der Waals surface area contributed by atoms with Crippen LogP contribution in [0, 0.1) is 0 Å². The van der Waals surface area contributed by atoms with Gasteiger partial charge in [-0.25, -0.2) is 4.98 Å². The topological polar surface area (TPSA) is 93.4 Å². The maximum Gasteiger partial charge on any atom is 0.255 e. The number of rotatable bonds is 6. The molecule has 0 saturated carbocycles. The van der Waals surface area contributed by atoms with E-state index in [0.717, 1.165) is 5.56 Å². The first-order valence-corrected chi connectivity index (χ1v) is 7.96. The van der Waals surface area contributed by atoms with Gasteiger partial charge >= 0.3 is 0 Å². The van der Waals surface area contributed by atoms with Crippen LogP contribution in [0.1, 0.15) is 16.2 Å². The van der Waals surface area contributed by atoms with Gasteiger partial charge in [0.25, 0.3) is 5.91 Å². The number of aromatic nitrogens is 3. The Kier molecular flexibility index (Phi) is 5.12. The zero-order valence-electron chi connectivity index (χ0n) is 14.8. The molecule has 1 N–H and O–H groups in total. The molecule has 0 aliphatic rings. The second kappa shape index (κ2) is 7.64. The summed E-state index contributed by atoms with van der Waals surface area (Å²) in [6.45, 7) is 0.123. The van der Waals surface area contributed by atoms with Gasteiger partial charge < -0.3 is 19.4 Å². The molecule has 2 aromatic heterocycles. The van der Waals surface area contributed by atoms with E-state index in [1.165, 1.54) is 0 Å². The molecule has 1 amide bonds. The smallest absolute Gasteiger partial charge is 0.255 e. The van der Waals surface area contributed by atoms with E-state index in [9.17, 15) is 4.79 Å². The van der Waals surface area contributed by atoms with Gasteiger partial charge in [0.05, 0.1) is 19.2 Å². The molecule has 134 valence electrons. The van der Waals surface area contributed by atoms with Gasteiger partial charge in [0, 0.05) is 25.9 Å². The number of hydrogen-bond acceptors (Lipinski definition) is 7. The third-order valence-electron chi connectivity index (χ3n) is 3.64. The molecule has 8 heteroatoms. The van der Waals surface area contributed by atoms with E-state index in [1.54, 1.807) is 36.4 Å². The Morgan fingerprint density at radius 2 is 2.08 bits per heavy atom. The SMILES string of the molecule is COc1cccc(-c2nnc(CNC(=O)c3cccnc3N(C)C)o2)c1. The van der Waals surface area contributed by atoms with Crippen molar-refractivity contribution in [2.24, 2.45) is 0 Å². The zero-order valence-corrected chi connectivity index (χ0v) is 14.8. The first kappa shape index (κ1) is 17.4. The van der Waals surface area contributed by atoms with Crippen molar-refractivity contribution in [3.63, 3.8) is 0 Å². The summed E-state index contributed by atoms with van der Waals surface area (Å²) < 4.78 is 10.8. The summed E-state index contributed by atoms with van der Waals surface area (Å²) >= 11 is 0. The van der Waals surface area contributed by atoms with Crippen LogP contribution < -0.4 is 15.0 Å². The Morgan fingerprint density at radius 3 is 2.85 bits per heavy atom. The van der Waals surface area contributed by atoms with Crippen molar-refractivity contribution in [1.29, 1.82) is 0 Å². The molecule has 0 radical (unpaired) electrons. The first-order valence-electron chi connectivity index (χ1n) is 7.96. The minimum Gasteiger partial charge on any atom is -0.497 e. The van der Waals surface area contributed by atoms with Crippen LogP contribution in [-0.2, 0) is 6.54 Å². The first-order chi connectivity index (χ1) is 12.6. The highest BCUT2D eigenvalue weighted by Crippen LogP contribution is 2.22. The number of carbonyl (C=O) groups excluding carboxylic acids is 1. The lowest BCUT2D eigenvalue weighted by atomic mass is 10.2. The van der Waals surface area contributed by atoms with E-state index < -0.39 is 0 Å². The van der Waals surface area contributed by atoms with Gasteiger partial charge in [-0.2, -0.15) is 0 Å². The average molecular weight is 353 g/mol. The van der Waals surface area contributed by atoms with E-state index in [-0.39, 0.29) is 12.5 Å². The molecule has 0 unspecified atom stereocenters. The molecular weight excluding hydrogens is 334 g/mol. The molecule has 0 aliphatic carbocycles. The Morgan fingerprint density at radius 1 is 1.23 bits per heavy atom. The van der Waals surface area contributed by atoms with Crippen molar-refractivity contribution in [3.05, 3.63) is 54.0 Å². The Hall–Kier alpha value is -3.42. The summed E-state index contributed by atoms with van der Waals surface area (Å²) in [6, 6.07) is 10.7. The van der Waals surface area contributed by atoms with Crippen molar-refractivity contribution in [2.75, 3.05) is 26.1 Å². The monoisotopic (exact) mass is 353 g/mol. The maximum absolute atomic E-state index is 12.4. The summed E-state index contributed by atoms with van der Waals surface area (Å²) in [4.78, 5) is 18.4. The molecule has 3 aromatic rings. The number of ether oxygens (including phenoxy) is 1. The van der Waals surface area contributed by atoms with E-state index in [2.05, 4.69) is 20.5 Å². The second-order valence-corrected chi connectivity index (χ2v) is 5.68. The van der Waals surface area contributed by atoms with Gasteiger partial charge in [-0.15, -0.1) is 10.2 Å². The lowest BCUT2D eigenvalue weighted by Crippen LogP contribution is -2.26. The standard InChI is InChI=1S/C18H19N5O3/c1-23(2)16-14(8-5-9-19-16)17(24)20-11-15-21-22-18(26-15)12-6-4-7-13(10-12)25-3/h4-10H,11H2,1-3H3,(H,20,24). The molecule has 2 heterocycles. The van der Waals surface area contributed by atoms with E-state index in [4.69, 9.17) is 9.15 Å². The summed E-state index contributed by atoms with van der Waals surface area (Å²) in [5, 5.41) is 10.8. The van der Waals surface area contributed by atoms with Crippen molar-refractivity contribution < 1.29 is 13.9 Å². The third-order valence-corrected chi connectivity index (χ3v) is 3.64. The quantitative estimate of drug-likeness (QED) is 0.725. The number of nitrogens with one attached hydrogen (secondary N) is 1. The van der Waals surface area contributed by atoms with Crippen molar-refractivity contribution in [3.8, 4) is 17.2 Å². The van der Waals surface area contributed by atoms with E-state index >= 15 is 0 Å². The average Bonchev–Trinajstić information content (AvgIpc) is 3.15. The highest BCUT2D eigenvalue weighted by molar-refractivity contribution is 5.98. The van der Waals surface area contributed by atoms with Gasteiger partial charge in [-0.1, -0.05) is 6.07 Å². The molecule has 0 atom stereocenters. The fourth-order valence-electron chi connectivity index (χ4n) is 2.38. The van der Waals surface area contributed by atoms with Crippen molar-refractivity contribution >= 4 is 11.7 Å². The lowest BCUT2D eigenvalue weighted by molar-refractivity contribution is 0.0947. The van der Waals surface area contributed by atoms with E-state index in [0.29, 0.717) is 28.9 Å². The van der Waals surface area contributed by atoms with Crippen LogP contribution in [0.5, 0.6) is 5.75 Å². The third kappa shape index (κ3) is 3.80. The highest BCUT2D eigenvalue weighted by Gasteiger charge is 2.15. The van der Waals surface area contributed by atoms with Crippen LogP contribution in [-0.4, -0.2) is 42.3 Å². The minimum atomic E-state index is -0.261. The molecule has 1 aromatic carbocycles. The van der Waals surface area contributed by atoms with Crippen molar-refractivity contribution in [1.82, 2.24) is 20.5 Å². The highest BCUT2D eigenvalue weighted by atomic mass is 16.5. The number of pyridine rings is 1. The molecule has 0 bridgehead atoms. The normalized spacial score (nSPS) is 10.4. The number of anilines is 1. The molecule has 0 aliphatic heterocycles. The number of amides is 1. The van der Waals surface area contributed by atoms with Crippen LogP contribution in [0.3, 0.4) is 0 Å². The molecule has 0 saturated heterocycles. The predicted molar refractivity (Wildman–Crippen MR) is 96.0 cm³/mol. The van der Waals surface area contributed by atoms with Gasteiger partial charge in [0.2, 0.25) is 11.8 Å². The summed E-state index contributed by atoms with van der Waals surface area (Å²) in [7, 11) is 5.25. The molecule has 0 fully saturated rings. The molecule has 26 heavy (non-hydrogen) atoms. The fraction of sp³-hybridized carbons (Fsp3) is 0.222. The predicted octanol–water partition coefficient (Wildman–Crippen LogP) is 2.14. The van der Waals surface area contributed by atoms with Gasteiger partial charge in [0.1, 0.15) is 11.6 Å². The van der Waals surface area contributed by atoms with Crippen LogP contribution in [0.4, 0.5) is 5.82 Å². The Labute approximate surface area is 150 Å². The van der Waals surface area contributed by atoms with E-state index in [1.807, 2.05) is 32.3 Å². The summed E-state index contributed by atoms with van der Waals surface area (Å²) in [5.41, 5.74) is 1.22. The number of benzene rings is 1. The van der Waals surface area contributed by atoms with Crippen molar-refractivity contribution in [2.45, 2.75) is 6.54 Å².